The van der Waals surface area contributed by atoms with Crippen LogP contribution in [-0.2, 0) is 19.1 Å². The number of rotatable bonds is 12. The number of unbranched alkanes of at least 4 members (excludes halogenated alkanes) is 2. The molecular weight excluding hydrogens is 400 g/mol. The molecule has 3 aliphatic rings. The van der Waals surface area contributed by atoms with Crippen LogP contribution in [0.25, 0.3) is 0 Å². The summed E-state index contributed by atoms with van der Waals surface area (Å²) in [6.07, 6.45) is 6.36. The Bertz CT molecular complexity index is 727. The standard InChI is InChI=1S/C23H36N2O6/c1-4-7-8-13-24(12-5-2)20(28)18-23-11-10-22(6-3,31-23)17(21(29)30)16(23)19(27)25(18)14-9-15-26/h5,16-18,26H,2,4,6-15H2,1,3H3,(H,29,30)/t16-,17-,18?,22+,23?/m0/s1. The zero-order valence-electron chi connectivity index (χ0n) is 18.7. The molecule has 1 spiro atoms. The number of carboxylic acid groups (broad SMARTS) is 1. The maximum Gasteiger partial charge on any atom is 0.310 e. The van der Waals surface area contributed by atoms with Gasteiger partial charge in [-0.05, 0) is 32.1 Å². The van der Waals surface area contributed by atoms with Crippen LogP contribution in [0.3, 0.4) is 0 Å². The van der Waals surface area contributed by atoms with Crippen LogP contribution in [0.15, 0.2) is 12.7 Å². The van der Waals surface area contributed by atoms with Crippen molar-refractivity contribution in [1.82, 2.24) is 9.80 Å². The largest absolute Gasteiger partial charge is 0.481 e. The highest BCUT2D eigenvalue weighted by Crippen LogP contribution is 2.64. The molecule has 31 heavy (non-hydrogen) atoms. The zero-order valence-corrected chi connectivity index (χ0v) is 18.7. The van der Waals surface area contributed by atoms with Crippen molar-refractivity contribution >= 4 is 17.8 Å². The third-order valence-electron chi connectivity index (χ3n) is 7.43. The Morgan fingerprint density at radius 1 is 1.29 bits per heavy atom. The average molecular weight is 437 g/mol. The first kappa shape index (κ1) is 23.7. The van der Waals surface area contributed by atoms with Gasteiger partial charge in [0.25, 0.3) is 0 Å². The lowest BCUT2D eigenvalue weighted by molar-refractivity contribution is -0.157. The summed E-state index contributed by atoms with van der Waals surface area (Å²) in [6, 6.07) is -0.865. The van der Waals surface area contributed by atoms with E-state index in [2.05, 4.69) is 13.5 Å². The van der Waals surface area contributed by atoms with Gasteiger partial charge >= 0.3 is 5.97 Å². The van der Waals surface area contributed by atoms with Crippen molar-refractivity contribution in [1.29, 1.82) is 0 Å². The summed E-state index contributed by atoms with van der Waals surface area (Å²) in [7, 11) is 0. The molecular formula is C23H36N2O6. The van der Waals surface area contributed by atoms with Crippen LogP contribution in [0.5, 0.6) is 0 Å². The molecule has 3 rings (SSSR count). The minimum absolute atomic E-state index is 0.114. The molecule has 0 saturated carbocycles. The van der Waals surface area contributed by atoms with Crippen molar-refractivity contribution in [2.45, 2.75) is 76.0 Å². The monoisotopic (exact) mass is 436 g/mol. The number of carbonyl (C=O) groups excluding carboxylic acids is 2. The van der Waals surface area contributed by atoms with Crippen LogP contribution in [0.2, 0.25) is 0 Å². The second-order valence-corrected chi connectivity index (χ2v) is 9.06. The second kappa shape index (κ2) is 9.28. The van der Waals surface area contributed by atoms with Gasteiger partial charge in [-0.1, -0.05) is 32.8 Å². The van der Waals surface area contributed by atoms with Gasteiger partial charge < -0.3 is 24.7 Å². The van der Waals surface area contributed by atoms with E-state index in [1.165, 1.54) is 4.90 Å². The molecule has 174 valence electrons. The first-order valence-electron chi connectivity index (χ1n) is 11.6. The molecule has 8 heteroatoms. The van der Waals surface area contributed by atoms with Crippen LogP contribution < -0.4 is 0 Å². The number of amides is 2. The normalized spacial score (nSPS) is 33.6. The first-order chi connectivity index (χ1) is 14.8. The number of carbonyl (C=O) groups is 3. The van der Waals surface area contributed by atoms with Crippen LogP contribution in [-0.4, -0.2) is 81.3 Å². The molecule has 0 aromatic rings. The molecule has 3 fully saturated rings. The number of carboxylic acids is 1. The van der Waals surface area contributed by atoms with Gasteiger partial charge in [0.1, 0.15) is 17.6 Å². The lowest BCUT2D eigenvalue weighted by Gasteiger charge is -2.37. The topological polar surface area (TPSA) is 107 Å². The predicted octanol–water partition coefficient (Wildman–Crippen LogP) is 1.81. The molecule has 0 aromatic carbocycles. The highest BCUT2D eigenvalue weighted by molar-refractivity contribution is 5.98. The van der Waals surface area contributed by atoms with Crippen molar-refractivity contribution in [3.63, 3.8) is 0 Å². The fourth-order valence-electron chi connectivity index (χ4n) is 6.03. The third kappa shape index (κ3) is 3.67. The van der Waals surface area contributed by atoms with E-state index in [4.69, 9.17) is 4.74 Å². The molecule has 3 aliphatic heterocycles. The summed E-state index contributed by atoms with van der Waals surface area (Å²) in [4.78, 5) is 42.8. The summed E-state index contributed by atoms with van der Waals surface area (Å²) < 4.78 is 6.48. The van der Waals surface area contributed by atoms with Crippen LogP contribution in [0.4, 0.5) is 0 Å². The minimum atomic E-state index is -1.12. The third-order valence-corrected chi connectivity index (χ3v) is 7.43. The van der Waals surface area contributed by atoms with E-state index in [1.807, 2.05) is 6.92 Å². The Morgan fingerprint density at radius 2 is 2.03 bits per heavy atom. The van der Waals surface area contributed by atoms with Gasteiger partial charge in [-0.3, -0.25) is 14.4 Å². The Labute approximate surface area is 184 Å². The van der Waals surface area contributed by atoms with Crippen molar-refractivity contribution in [2.75, 3.05) is 26.2 Å². The lowest BCUT2D eigenvalue weighted by Crippen LogP contribution is -2.56. The number of aliphatic hydroxyl groups excluding tert-OH is 1. The van der Waals surface area contributed by atoms with Crippen LogP contribution >= 0.6 is 0 Å². The van der Waals surface area contributed by atoms with E-state index < -0.39 is 35.0 Å². The van der Waals surface area contributed by atoms with Gasteiger partial charge in [-0.2, -0.15) is 0 Å². The van der Waals surface area contributed by atoms with E-state index in [0.717, 1.165) is 19.3 Å². The number of aliphatic hydroxyl groups is 1. The van der Waals surface area contributed by atoms with E-state index in [0.29, 0.717) is 38.8 Å². The van der Waals surface area contributed by atoms with Gasteiger partial charge in [0, 0.05) is 26.2 Å². The summed E-state index contributed by atoms with van der Waals surface area (Å²) in [5, 5.41) is 19.4. The van der Waals surface area contributed by atoms with Crippen molar-refractivity contribution in [2.24, 2.45) is 11.8 Å². The Morgan fingerprint density at radius 3 is 2.61 bits per heavy atom. The molecule has 2 N–H and O–H groups in total. The summed E-state index contributed by atoms with van der Waals surface area (Å²) in [5.74, 6) is -3.40. The van der Waals surface area contributed by atoms with E-state index in [1.54, 1.807) is 11.0 Å². The van der Waals surface area contributed by atoms with Crippen molar-refractivity contribution in [3.8, 4) is 0 Å². The Hall–Kier alpha value is -1.93. The Kier molecular flexibility index (Phi) is 7.11. The number of aliphatic carboxylic acids is 1. The SMILES string of the molecule is C=CCN(CCCCC)C(=O)C1N(CCCO)C(=O)[C@@H]2[C@@H](C(=O)O)[C@@]3(CC)CCC12O3. The fourth-order valence-corrected chi connectivity index (χ4v) is 6.03. The molecule has 3 heterocycles. The number of nitrogens with zero attached hydrogens (tertiary/aromatic N) is 2. The maximum atomic E-state index is 13.8. The van der Waals surface area contributed by atoms with Gasteiger partial charge in [0.05, 0.1) is 11.5 Å². The smallest absolute Gasteiger partial charge is 0.310 e. The molecule has 5 atom stereocenters. The second-order valence-electron chi connectivity index (χ2n) is 9.06. The predicted molar refractivity (Wildman–Crippen MR) is 114 cm³/mol. The molecule has 3 saturated heterocycles. The molecule has 2 bridgehead atoms. The van der Waals surface area contributed by atoms with Gasteiger partial charge in [-0.25, -0.2) is 0 Å². The highest BCUT2D eigenvalue weighted by atomic mass is 16.5. The van der Waals surface area contributed by atoms with Gasteiger partial charge in [0.15, 0.2) is 0 Å². The molecule has 0 radical (unpaired) electrons. The lowest BCUT2D eigenvalue weighted by atomic mass is 9.65. The molecule has 0 aliphatic carbocycles. The molecule has 0 aromatic heterocycles. The molecule has 2 unspecified atom stereocenters. The zero-order chi connectivity index (χ0) is 22.8. The number of ether oxygens (including phenoxy) is 1. The van der Waals surface area contributed by atoms with E-state index in [-0.39, 0.29) is 25.0 Å². The highest BCUT2D eigenvalue weighted by Gasteiger charge is 2.78. The van der Waals surface area contributed by atoms with Crippen molar-refractivity contribution in [3.05, 3.63) is 12.7 Å². The van der Waals surface area contributed by atoms with Crippen LogP contribution in [0.1, 0.15) is 58.8 Å². The fraction of sp³-hybridized carbons (Fsp3) is 0.783. The summed E-state index contributed by atoms with van der Waals surface area (Å²) in [6.45, 7) is 8.76. The number of hydrogen-bond donors (Lipinski definition) is 2. The molecule has 8 nitrogen and oxygen atoms in total. The summed E-state index contributed by atoms with van der Waals surface area (Å²) >= 11 is 0. The van der Waals surface area contributed by atoms with Crippen molar-refractivity contribution < 1.29 is 29.3 Å². The van der Waals surface area contributed by atoms with Gasteiger partial charge in [-0.15, -0.1) is 6.58 Å². The number of fused-ring (bicyclic) bond motifs is 1. The van der Waals surface area contributed by atoms with E-state index in [9.17, 15) is 24.6 Å². The number of hydrogen-bond acceptors (Lipinski definition) is 5. The minimum Gasteiger partial charge on any atom is -0.481 e. The number of likely N-dealkylation sites (tertiary alicyclic amines) is 1. The average Bonchev–Trinajstić information content (AvgIpc) is 3.35. The summed E-state index contributed by atoms with van der Waals surface area (Å²) in [5.41, 5.74) is -2.02. The molecule has 2 amide bonds. The van der Waals surface area contributed by atoms with Gasteiger partial charge in [0.2, 0.25) is 11.8 Å². The first-order valence-corrected chi connectivity index (χ1v) is 11.6. The van der Waals surface area contributed by atoms with Crippen LogP contribution in [0, 0.1) is 11.8 Å². The Balaban J connectivity index is 2.01. The quantitative estimate of drug-likeness (QED) is 0.357. The maximum absolute atomic E-state index is 13.8. The van der Waals surface area contributed by atoms with E-state index >= 15 is 0 Å².